The van der Waals surface area contributed by atoms with Crippen molar-refractivity contribution in [2.24, 2.45) is 10.9 Å². The van der Waals surface area contributed by atoms with Gasteiger partial charge in [0.15, 0.2) is 0 Å². The quantitative estimate of drug-likeness (QED) is 0.469. The summed E-state index contributed by atoms with van der Waals surface area (Å²) in [5.41, 5.74) is 3.73. The minimum absolute atomic E-state index is 0.0648. The highest BCUT2D eigenvalue weighted by atomic mass is 35.5. The SMILES string of the molecule is CC1NC(C2CCNCC2)=NC1c1cc(Cl)ccc1NSc1ccc(C(C)(C)C)cc1. The van der Waals surface area contributed by atoms with E-state index in [-0.39, 0.29) is 17.5 Å². The number of hydrogen-bond acceptors (Lipinski definition) is 5. The summed E-state index contributed by atoms with van der Waals surface area (Å²) in [6.07, 6.45) is 2.29. The van der Waals surface area contributed by atoms with Crippen LogP contribution >= 0.6 is 23.5 Å². The number of hydrogen-bond donors (Lipinski definition) is 3. The molecule has 1 saturated heterocycles. The van der Waals surface area contributed by atoms with Gasteiger partial charge in [-0.15, -0.1) is 0 Å². The van der Waals surface area contributed by atoms with Crippen LogP contribution in [0, 0.1) is 5.92 Å². The molecule has 0 amide bonds. The second-order valence-corrected chi connectivity index (χ2v) is 10.9. The van der Waals surface area contributed by atoms with Crippen LogP contribution < -0.4 is 15.4 Å². The number of piperidine rings is 1. The first-order valence-corrected chi connectivity index (χ1v) is 12.4. The maximum atomic E-state index is 6.39. The zero-order chi connectivity index (χ0) is 22.0. The van der Waals surface area contributed by atoms with Crippen molar-refractivity contribution in [1.29, 1.82) is 0 Å². The molecule has 0 spiro atoms. The van der Waals surface area contributed by atoms with Gasteiger partial charge in [-0.2, -0.15) is 0 Å². The van der Waals surface area contributed by atoms with E-state index in [2.05, 4.69) is 79.4 Å². The van der Waals surface area contributed by atoms with Crippen LogP contribution in [0.15, 0.2) is 52.4 Å². The molecule has 2 aromatic carbocycles. The van der Waals surface area contributed by atoms with Gasteiger partial charge in [0.2, 0.25) is 0 Å². The van der Waals surface area contributed by atoms with E-state index in [4.69, 9.17) is 16.6 Å². The number of anilines is 1. The maximum absolute atomic E-state index is 6.39. The second-order valence-electron chi connectivity index (χ2n) is 9.63. The molecule has 0 bridgehead atoms. The zero-order valence-electron chi connectivity index (χ0n) is 18.8. The Balaban J connectivity index is 1.52. The Hall–Kier alpha value is -1.69. The van der Waals surface area contributed by atoms with Crippen molar-refractivity contribution in [2.75, 3.05) is 17.8 Å². The summed E-state index contributed by atoms with van der Waals surface area (Å²) in [6, 6.07) is 15.2. The number of amidine groups is 1. The lowest BCUT2D eigenvalue weighted by Crippen LogP contribution is -2.38. The largest absolute Gasteiger partial charge is 0.369 e. The van der Waals surface area contributed by atoms with Crippen molar-refractivity contribution < 1.29 is 0 Å². The molecule has 31 heavy (non-hydrogen) atoms. The van der Waals surface area contributed by atoms with Crippen molar-refractivity contribution in [1.82, 2.24) is 10.6 Å². The van der Waals surface area contributed by atoms with Crippen LogP contribution in [0.4, 0.5) is 5.69 Å². The van der Waals surface area contributed by atoms with Crippen molar-refractivity contribution in [3.05, 3.63) is 58.6 Å². The molecule has 2 aliphatic heterocycles. The van der Waals surface area contributed by atoms with E-state index in [1.54, 1.807) is 11.9 Å². The van der Waals surface area contributed by atoms with E-state index in [1.165, 1.54) is 10.5 Å². The molecule has 166 valence electrons. The molecular formula is C25H33ClN4S. The molecule has 0 saturated carbocycles. The van der Waals surface area contributed by atoms with Gasteiger partial charge in [-0.1, -0.05) is 44.5 Å². The van der Waals surface area contributed by atoms with Gasteiger partial charge in [0.05, 0.1) is 12.1 Å². The summed E-state index contributed by atoms with van der Waals surface area (Å²) in [4.78, 5) is 6.31. The highest BCUT2D eigenvalue weighted by Crippen LogP contribution is 2.37. The van der Waals surface area contributed by atoms with E-state index in [0.717, 1.165) is 48.0 Å². The van der Waals surface area contributed by atoms with Gasteiger partial charge < -0.3 is 15.4 Å². The minimum atomic E-state index is 0.0648. The molecule has 0 aliphatic carbocycles. The first kappa shape index (κ1) is 22.5. The van der Waals surface area contributed by atoms with Crippen LogP contribution in [0.1, 0.15) is 57.7 Å². The molecule has 6 heteroatoms. The molecule has 2 heterocycles. The molecule has 4 rings (SSSR count). The summed E-state index contributed by atoms with van der Waals surface area (Å²) in [5, 5.41) is 7.85. The molecule has 2 aromatic rings. The molecule has 2 unspecified atom stereocenters. The van der Waals surface area contributed by atoms with Gasteiger partial charge in [-0.05, 0) is 86.1 Å². The van der Waals surface area contributed by atoms with Crippen molar-refractivity contribution in [2.45, 2.75) is 62.9 Å². The van der Waals surface area contributed by atoms with Gasteiger partial charge in [0.1, 0.15) is 5.84 Å². The fraction of sp³-hybridized carbons (Fsp3) is 0.480. The van der Waals surface area contributed by atoms with Gasteiger partial charge in [-0.25, -0.2) is 0 Å². The van der Waals surface area contributed by atoms with Crippen LogP contribution in [0.2, 0.25) is 5.02 Å². The predicted octanol–water partition coefficient (Wildman–Crippen LogP) is 6.19. The number of nitrogens with zero attached hydrogens (tertiary/aromatic N) is 1. The van der Waals surface area contributed by atoms with E-state index in [1.807, 2.05) is 6.07 Å². The fourth-order valence-corrected chi connectivity index (χ4v) is 5.14. The van der Waals surface area contributed by atoms with Gasteiger partial charge in [0.25, 0.3) is 0 Å². The molecular weight excluding hydrogens is 424 g/mol. The van der Waals surface area contributed by atoms with E-state index in [0.29, 0.717) is 5.92 Å². The first-order chi connectivity index (χ1) is 14.8. The summed E-state index contributed by atoms with van der Waals surface area (Å²) < 4.78 is 3.56. The van der Waals surface area contributed by atoms with Gasteiger partial charge in [0, 0.05) is 27.1 Å². The molecule has 2 atom stereocenters. The molecule has 0 radical (unpaired) electrons. The molecule has 2 aliphatic rings. The van der Waals surface area contributed by atoms with Crippen LogP contribution in [0.5, 0.6) is 0 Å². The lowest BCUT2D eigenvalue weighted by atomic mass is 9.87. The summed E-state index contributed by atoms with van der Waals surface area (Å²) in [6.45, 7) is 11.1. The van der Waals surface area contributed by atoms with Crippen molar-refractivity contribution in [3.63, 3.8) is 0 Å². The Morgan fingerprint density at radius 2 is 1.77 bits per heavy atom. The first-order valence-electron chi connectivity index (χ1n) is 11.2. The minimum Gasteiger partial charge on any atom is -0.369 e. The number of aliphatic imine (C=N–C) groups is 1. The monoisotopic (exact) mass is 456 g/mol. The number of benzene rings is 2. The number of nitrogens with one attached hydrogen (secondary N) is 3. The topological polar surface area (TPSA) is 48.5 Å². The Kier molecular flexibility index (Phi) is 6.85. The standard InChI is InChI=1S/C25H33ClN4S/c1-16-23(29-24(28-16)17-11-13-27-14-12-17)21-15-19(26)7-10-22(21)30-31-20-8-5-18(6-9-20)25(2,3)4/h5-10,15-17,23,27,30H,11-14H2,1-4H3,(H,28,29). The van der Waals surface area contributed by atoms with Gasteiger partial charge in [-0.3, -0.25) is 4.99 Å². The average Bonchev–Trinajstić information content (AvgIpc) is 3.14. The normalized spacial score (nSPS) is 22.2. The molecule has 4 nitrogen and oxygen atoms in total. The van der Waals surface area contributed by atoms with Crippen molar-refractivity contribution >= 4 is 35.1 Å². The van der Waals surface area contributed by atoms with Crippen LogP contribution in [0.25, 0.3) is 0 Å². The van der Waals surface area contributed by atoms with Crippen LogP contribution in [-0.2, 0) is 5.41 Å². The number of halogens is 1. The van der Waals surface area contributed by atoms with Crippen molar-refractivity contribution in [3.8, 4) is 0 Å². The summed E-state index contributed by atoms with van der Waals surface area (Å²) in [7, 11) is 0. The Morgan fingerprint density at radius 3 is 2.45 bits per heavy atom. The van der Waals surface area contributed by atoms with E-state index < -0.39 is 0 Å². The lowest BCUT2D eigenvalue weighted by molar-refractivity contribution is 0.449. The Morgan fingerprint density at radius 1 is 1.06 bits per heavy atom. The highest BCUT2D eigenvalue weighted by molar-refractivity contribution is 8.00. The third-order valence-electron chi connectivity index (χ3n) is 6.18. The third kappa shape index (κ3) is 5.39. The molecule has 1 fully saturated rings. The highest BCUT2D eigenvalue weighted by Gasteiger charge is 2.32. The fourth-order valence-electron chi connectivity index (χ4n) is 4.28. The molecule has 0 aromatic heterocycles. The van der Waals surface area contributed by atoms with Crippen LogP contribution in [-0.4, -0.2) is 25.0 Å². The lowest BCUT2D eigenvalue weighted by Gasteiger charge is -2.23. The second kappa shape index (κ2) is 9.43. The molecule has 3 N–H and O–H groups in total. The average molecular weight is 457 g/mol. The summed E-state index contributed by atoms with van der Waals surface area (Å²) in [5.74, 6) is 1.69. The van der Waals surface area contributed by atoms with E-state index in [9.17, 15) is 0 Å². The third-order valence-corrected chi connectivity index (χ3v) is 7.25. The Bertz CT molecular complexity index is 930. The number of rotatable bonds is 5. The summed E-state index contributed by atoms with van der Waals surface area (Å²) >= 11 is 8.03. The van der Waals surface area contributed by atoms with Gasteiger partial charge >= 0.3 is 0 Å². The zero-order valence-corrected chi connectivity index (χ0v) is 20.4. The van der Waals surface area contributed by atoms with E-state index >= 15 is 0 Å². The Labute approximate surface area is 195 Å². The maximum Gasteiger partial charge on any atom is 0.101 e. The van der Waals surface area contributed by atoms with Crippen LogP contribution in [0.3, 0.4) is 0 Å². The smallest absolute Gasteiger partial charge is 0.101 e. The predicted molar refractivity (Wildman–Crippen MR) is 134 cm³/mol.